The highest BCUT2D eigenvalue weighted by Gasteiger charge is 2.21. The fourth-order valence-electron chi connectivity index (χ4n) is 1.36. The lowest BCUT2D eigenvalue weighted by Gasteiger charge is -2.14. The fourth-order valence-corrected chi connectivity index (χ4v) is 1.70. The molecule has 3 N–H and O–H groups in total. The van der Waals surface area contributed by atoms with Crippen LogP contribution in [0.4, 0.5) is 5.69 Å². The molecule has 20 heavy (non-hydrogen) atoms. The summed E-state index contributed by atoms with van der Waals surface area (Å²) in [6.45, 7) is 0.384. The molecule has 0 saturated carbocycles. The maximum Gasteiger partial charge on any atom is 0.318 e. The van der Waals surface area contributed by atoms with E-state index in [1.54, 1.807) is 6.07 Å². The number of carbonyl (C=O) groups excluding carboxylic acids is 3. The number of hydrogen-bond donors (Lipinski definition) is 2. The third kappa shape index (κ3) is 4.48. The minimum Gasteiger partial charge on any atom is -0.330 e. The molecule has 0 atom stereocenters. The van der Waals surface area contributed by atoms with E-state index < -0.39 is 11.8 Å². The van der Waals surface area contributed by atoms with Crippen LogP contribution in [0.15, 0.2) is 18.2 Å². The van der Waals surface area contributed by atoms with Gasteiger partial charge in [-0.15, -0.1) is 0 Å². The maximum atomic E-state index is 11.7. The van der Waals surface area contributed by atoms with Crippen molar-refractivity contribution in [2.45, 2.75) is 6.42 Å². The second-order valence-electron chi connectivity index (χ2n) is 3.82. The zero-order chi connectivity index (χ0) is 15.1. The van der Waals surface area contributed by atoms with E-state index in [1.807, 2.05) is 0 Å². The van der Waals surface area contributed by atoms with Crippen LogP contribution in [-0.2, 0) is 14.4 Å². The number of halogens is 2. The number of rotatable bonds is 5. The predicted octanol–water partition coefficient (Wildman–Crippen LogP) is 1.27. The van der Waals surface area contributed by atoms with Gasteiger partial charge in [-0.05, 0) is 31.2 Å². The number of carbonyl (C=O) groups is 3. The first-order valence-electron chi connectivity index (χ1n) is 5.72. The van der Waals surface area contributed by atoms with Gasteiger partial charge in [-0.2, -0.15) is 0 Å². The molecule has 1 aromatic carbocycles. The number of benzene rings is 1. The Bertz CT molecular complexity index is 523. The van der Waals surface area contributed by atoms with Crippen LogP contribution in [0.1, 0.15) is 6.42 Å². The van der Waals surface area contributed by atoms with Crippen molar-refractivity contribution in [2.75, 3.05) is 18.4 Å². The molecule has 0 unspecified atom stereocenters. The van der Waals surface area contributed by atoms with E-state index in [0.29, 0.717) is 18.0 Å². The molecular formula is C12H13Cl2N3O3. The summed E-state index contributed by atoms with van der Waals surface area (Å²) < 4.78 is 0. The molecule has 0 radical (unpaired) electrons. The summed E-state index contributed by atoms with van der Waals surface area (Å²) in [6, 6.07) is 4.43. The van der Waals surface area contributed by atoms with Crippen LogP contribution in [0.3, 0.4) is 0 Å². The molecule has 0 aliphatic carbocycles. The van der Waals surface area contributed by atoms with Crippen molar-refractivity contribution in [1.82, 2.24) is 4.90 Å². The first-order chi connectivity index (χ1) is 9.49. The normalized spacial score (nSPS) is 9.95. The van der Waals surface area contributed by atoms with Crippen molar-refractivity contribution in [2.24, 2.45) is 5.73 Å². The lowest BCUT2D eigenvalue weighted by atomic mass is 10.3. The van der Waals surface area contributed by atoms with E-state index in [-0.39, 0.29) is 23.7 Å². The van der Waals surface area contributed by atoms with Gasteiger partial charge in [-0.1, -0.05) is 23.2 Å². The molecule has 1 aromatic rings. The molecule has 0 saturated heterocycles. The summed E-state index contributed by atoms with van der Waals surface area (Å²) in [4.78, 5) is 35.0. The van der Waals surface area contributed by atoms with E-state index in [2.05, 4.69) is 5.32 Å². The van der Waals surface area contributed by atoms with E-state index in [0.717, 1.165) is 4.90 Å². The van der Waals surface area contributed by atoms with Crippen LogP contribution in [0.5, 0.6) is 0 Å². The summed E-state index contributed by atoms with van der Waals surface area (Å²) in [5, 5.41) is 2.89. The first-order valence-corrected chi connectivity index (χ1v) is 6.47. The summed E-state index contributed by atoms with van der Waals surface area (Å²) >= 11 is 11.6. The van der Waals surface area contributed by atoms with Gasteiger partial charge in [0, 0.05) is 11.6 Å². The topological polar surface area (TPSA) is 92.5 Å². The molecule has 108 valence electrons. The van der Waals surface area contributed by atoms with Crippen LogP contribution >= 0.6 is 23.2 Å². The molecule has 0 aliphatic heterocycles. The quantitative estimate of drug-likeness (QED) is 0.631. The number of hydrogen-bond acceptors (Lipinski definition) is 4. The molecule has 8 heteroatoms. The van der Waals surface area contributed by atoms with Crippen molar-refractivity contribution in [3.05, 3.63) is 28.2 Å². The second-order valence-corrected chi connectivity index (χ2v) is 4.67. The molecule has 3 amide bonds. The highest BCUT2D eigenvalue weighted by Crippen LogP contribution is 2.25. The molecule has 6 nitrogen and oxygen atoms in total. The Kier molecular flexibility index (Phi) is 6.44. The van der Waals surface area contributed by atoms with E-state index in [4.69, 9.17) is 28.9 Å². The van der Waals surface area contributed by atoms with Gasteiger partial charge in [-0.3, -0.25) is 19.3 Å². The monoisotopic (exact) mass is 317 g/mol. The Morgan fingerprint density at radius 1 is 1.35 bits per heavy atom. The van der Waals surface area contributed by atoms with Gasteiger partial charge in [-0.25, -0.2) is 0 Å². The van der Waals surface area contributed by atoms with Gasteiger partial charge in [0.1, 0.15) is 0 Å². The Morgan fingerprint density at radius 2 is 2.05 bits per heavy atom. The molecule has 0 bridgehead atoms. The average molecular weight is 318 g/mol. The smallest absolute Gasteiger partial charge is 0.318 e. The number of nitrogens with zero attached hydrogens (tertiary/aromatic N) is 1. The standard InChI is InChI=1S/C12H13Cl2N3O3/c13-8-2-3-9(14)10(6-8)16-11(19)12(20)17(7-18)5-1-4-15/h2-3,6-7H,1,4-5,15H2,(H,16,19). The van der Waals surface area contributed by atoms with Gasteiger partial charge in [0.25, 0.3) is 0 Å². The van der Waals surface area contributed by atoms with Crippen molar-refractivity contribution in [3.63, 3.8) is 0 Å². The van der Waals surface area contributed by atoms with Crippen LogP contribution in [-0.4, -0.2) is 36.2 Å². The Morgan fingerprint density at radius 3 is 2.65 bits per heavy atom. The van der Waals surface area contributed by atoms with Gasteiger partial charge >= 0.3 is 11.8 Å². The highest BCUT2D eigenvalue weighted by molar-refractivity contribution is 6.43. The highest BCUT2D eigenvalue weighted by atomic mass is 35.5. The summed E-state index contributed by atoms with van der Waals surface area (Å²) in [6.07, 6.45) is 0.701. The van der Waals surface area contributed by atoms with Crippen LogP contribution < -0.4 is 11.1 Å². The lowest BCUT2D eigenvalue weighted by molar-refractivity contribution is -0.146. The zero-order valence-electron chi connectivity index (χ0n) is 10.4. The second kappa shape index (κ2) is 7.84. The Balaban J connectivity index is 2.76. The molecule has 1 rings (SSSR count). The van der Waals surface area contributed by atoms with Gasteiger partial charge in [0.15, 0.2) is 0 Å². The fraction of sp³-hybridized carbons (Fsp3) is 0.250. The summed E-state index contributed by atoms with van der Waals surface area (Å²) in [7, 11) is 0. The molecule has 0 spiro atoms. The van der Waals surface area contributed by atoms with Crippen molar-refractivity contribution in [3.8, 4) is 0 Å². The number of nitrogens with two attached hydrogens (primary N) is 1. The largest absolute Gasteiger partial charge is 0.330 e. The predicted molar refractivity (Wildman–Crippen MR) is 76.5 cm³/mol. The number of nitrogens with one attached hydrogen (secondary N) is 1. The Labute approximate surface area is 125 Å². The number of anilines is 1. The number of imide groups is 1. The third-order valence-electron chi connectivity index (χ3n) is 2.36. The lowest BCUT2D eigenvalue weighted by Crippen LogP contribution is -2.40. The SMILES string of the molecule is NCCCN(C=O)C(=O)C(=O)Nc1cc(Cl)ccc1Cl. The molecular weight excluding hydrogens is 305 g/mol. The third-order valence-corrected chi connectivity index (χ3v) is 2.93. The van der Waals surface area contributed by atoms with Crippen LogP contribution in [0.25, 0.3) is 0 Å². The van der Waals surface area contributed by atoms with Crippen LogP contribution in [0, 0.1) is 0 Å². The van der Waals surface area contributed by atoms with Crippen molar-refractivity contribution < 1.29 is 14.4 Å². The summed E-state index contributed by atoms with van der Waals surface area (Å²) in [5.41, 5.74) is 5.48. The minimum atomic E-state index is -0.982. The van der Waals surface area contributed by atoms with Gasteiger partial charge in [0.05, 0.1) is 10.7 Å². The van der Waals surface area contributed by atoms with Crippen LogP contribution in [0.2, 0.25) is 10.0 Å². The zero-order valence-corrected chi connectivity index (χ0v) is 11.9. The molecule has 0 aromatic heterocycles. The van der Waals surface area contributed by atoms with Gasteiger partial charge in [0.2, 0.25) is 6.41 Å². The van der Waals surface area contributed by atoms with E-state index >= 15 is 0 Å². The van der Waals surface area contributed by atoms with E-state index in [1.165, 1.54) is 12.1 Å². The maximum absolute atomic E-state index is 11.7. The number of amides is 3. The van der Waals surface area contributed by atoms with Crippen molar-refractivity contribution >= 4 is 47.1 Å². The van der Waals surface area contributed by atoms with Crippen molar-refractivity contribution in [1.29, 1.82) is 0 Å². The first kappa shape index (κ1) is 16.4. The Hall–Kier alpha value is -1.63. The average Bonchev–Trinajstić information content (AvgIpc) is 2.43. The van der Waals surface area contributed by atoms with Gasteiger partial charge < -0.3 is 11.1 Å². The molecule has 0 aliphatic rings. The molecule has 0 heterocycles. The van der Waals surface area contributed by atoms with E-state index in [9.17, 15) is 14.4 Å². The molecule has 0 fully saturated rings. The minimum absolute atomic E-state index is 0.0789. The summed E-state index contributed by atoms with van der Waals surface area (Å²) in [5.74, 6) is -1.96.